The first-order valence-corrected chi connectivity index (χ1v) is 9.84. The fraction of sp³-hybridized carbons (Fsp3) is 0.429. The highest BCUT2D eigenvalue weighted by atomic mass is 16.2. The minimum Gasteiger partial charge on any atom is -0.352 e. The average molecular weight is 380 g/mol. The third-order valence-corrected chi connectivity index (χ3v) is 5.64. The summed E-state index contributed by atoms with van der Waals surface area (Å²) < 4.78 is 1.75. The Morgan fingerprint density at radius 2 is 1.75 bits per heavy atom. The van der Waals surface area contributed by atoms with Gasteiger partial charge in [0, 0.05) is 31.3 Å². The molecule has 1 aliphatic heterocycles. The molecule has 146 valence electrons. The van der Waals surface area contributed by atoms with Crippen LogP contribution in [0.2, 0.25) is 0 Å². The van der Waals surface area contributed by atoms with Gasteiger partial charge >= 0.3 is 0 Å². The van der Waals surface area contributed by atoms with Crippen LogP contribution in [0.3, 0.4) is 0 Å². The summed E-state index contributed by atoms with van der Waals surface area (Å²) in [7, 11) is 0. The zero-order valence-corrected chi connectivity index (χ0v) is 15.7. The number of nitrogens with zero attached hydrogens (tertiary/aromatic N) is 3. The monoisotopic (exact) mass is 380 g/mol. The van der Waals surface area contributed by atoms with Gasteiger partial charge in [0.1, 0.15) is 0 Å². The second-order valence-electron chi connectivity index (χ2n) is 7.48. The number of imide groups is 1. The van der Waals surface area contributed by atoms with Crippen molar-refractivity contribution in [1.82, 2.24) is 20.0 Å². The molecule has 3 amide bonds. The van der Waals surface area contributed by atoms with Gasteiger partial charge in [-0.25, -0.2) is 4.68 Å². The Balaban J connectivity index is 1.27. The number of amides is 3. The van der Waals surface area contributed by atoms with E-state index in [0.717, 1.165) is 36.9 Å². The van der Waals surface area contributed by atoms with Crippen molar-refractivity contribution < 1.29 is 14.4 Å². The first-order chi connectivity index (χ1) is 13.6. The van der Waals surface area contributed by atoms with Crippen molar-refractivity contribution in [2.45, 2.75) is 38.6 Å². The normalized spacial score (nSPS) is 21.6. The lowest BCUT2D eigenvalue weighted by Gasteiger charge is -2.19. The number of hydrogen-bond donors (Lipinski definition) is 1. The molecule has 7 heteroatoms. The van der Waals surface area contributed by atoms with Crippen molar-refractivity contribution >= 4 is 17.7 Å². The zero-order chi connectivity index (χ0) is 19.5. The summed E-state index contributed by atoms with van der Waals surface area (Å²) in [5, 5.41) is 7.14. The summed E-state index contributed by atoms with van der Waals surface area (Å²) in [6, 6.07) is 9.73. The largest absolute Gasteiger partial charge is 0.352 e. The smallest absolute Gasteiger partial charge is 0.233 e. The van der Waals surface area contributed by atoms with Gasteiger partial charge in [0.25, 0.3) is 0 Å². The van der Waals surface area contributed by atoms with Gasteiger partial charge in [-0.15, -0.1) is 0 Å². The van der Waals surface area contributed by atoms with Crippen LogP contribution in [0.5, 0.6) is 0 Å². The van der Waals surface area contributed by atoms with Crippen molar-refractivity contribution in [3.05, 3.63) is 48.3 Å². The molecule has 7 nitrogen and oxygen atoms in total. The topological polar surface area (TPSA) is 84.3 Å². The second-order valence-corrected chi connectivity index (χ2v) is 7.48. The summed E-state index contributed by atoms with van der Waals surface area (Å²) in [4.78, 5) is 38.4. The molecule has 2 aliphatic rings. The summed E-state index contributed by atoms with van der Waals surface area (Å²) in [5.74, 6) is -0.678. The molecule has 2 aromatic rings. The van der Waals surface area contributed by atoms with E-state index in [9.17, 15) is 14.4 Å². The van der Waals surface area contributed by atoms with E-state index in [0.29, 0.717) is 6.54 Å². The lowest BCUT2D eigenvalue weighted by molar-refractivity contribution is -0.140. The number of carbonyl (C=O) groups is 3. The van der Waals surface area contributed by atoms with E-state index in [-0.39, 0.29) is 42.5 Å². The number of benzene rings is 1. The molecule has 2 unspecified atom stereocenters. The lowest BCUT2D eigenvalue weighted by Crippen LogP contribution is -2.35. The molecule has 0 spiro atoms. The third-order valence-electron chi connectivity index (χ3n) is 5.64. The number of nitrogens with one attached hydrogen (secondary N) is 1. The molecule has 1 aromatic heterocycles. The fourth-order valence-electron chi connectivity index (χ4n) is 4.13. The molecule has 1 saturated carbocycles. The van der Waals surface area contributed by atoms with Crippen LogP contribution in [-0.2, 0) is 20.9 Å². The Morgan fingerprint density at radius 3 is 2.43 bits per heavy atom. The van der Waals surface area contributed by atoms with E-state index in [1.165, 1.54) is 4.90 Å². The number of carbonyl (C=O) groups excluding carboxylic acids is 3. The minimum absolute atomic E-state index is 0.0911. The first kappa shape index (κ1) is 18.4. The Bertz CT molecular complexity index is 853. The minimum atomic E-state index is -0.178. The van der Waals surface area contributed by atoms with E-state index in [1.807, 2.05) is 36.5 Å². The van der Waals surface area contributed by atoms with Crippen molar-refractivity contribution in [1.29, 1.82) is 0 Å². The van der Waals surface area contributed by atoms with Crippen molar-refractivity contribution in [3.63, 3.8) is 0 Å². The SMILES string of the molecule is O=C(CCN1C(=O)C2CCCCC2C1=O)NCc1cnn(-c2ccccc2)c1. The maximum Gasteiger partial charge on any atom is 0.233 e. The number of aromatic nitrogens is 2. The van der Waals surface area contributed by atoms with E-state index in [2.05, 4.69) is 10.4 Å². The van der Waals surface area contributed by atoms with Crippen molar-refractivity contribution in [2.24, 2.45) is 11.8 Å². The number of likely N-dealkylation sites (tertiary alicyclic amines) is 1. The molecule has 28 heavy (non-hydrogen) atoms. The van der Waals surface area contributed by atoms with Crippen LogP contribution in [0.4, 0.5) is 0 Å². The van der Waals surface area contributed by atoms with E-state index in [4.69, 9.17) is 0 Å². The maximum absolute atomic E-state index is 12.4. The molecule has 2 fully saturated rings. The molecule has 4 rings (SSSR count). The number of fused-ring (bicyclic) bond motifs is 1. The maximum atomic E-state index is 12.4. The Kier molecular flexibility index (Phi) is 5.23. The highest BCUT2D eigenvalue weighted by Crippen LogP contribution is 2.37. The van der Waals surface area contributed by atoms with Crippen LogP contribution < -0.4 is 5.32 Å². The summed E-state index contributed by atoms with van der Waals surface area (Å²) in [6.45, 7) is 0.526. The lowest BCUT2D eigenvalue weighted by atomic mass is 9.81. The Labute approximate surface area is 163 Å². The van der Waals surface area contributed by atoms with E-state index >= 15 is 0 Å². The van der Waals surface area contributed by atoms with Gasteiger partial charge in [-0.05, 0) is 25.0 Å². The standard InChI is InChI=1S/C21H24N4O3/c26-19(10-11-24-20(27)17-8-4-5-9-18(17)21(24)28)22-12-15-13-23-25(14-15)16-6-2-1-3-7-16/h1-3,6-7,13-14,17-18H,4-5,8-12H2,(H,22,26). The van der Waals surface area contributed by atoms with E-state index < -0.39 is 0 Å². The van der Waals surface area contributed by atoms with Crippen LogP contribution in [0.1, 0.15) is 37.7 Å². The molecule has 0 radical (unpaired) electrons. The molecule has 2 atom stereocenters. The predicted molar refractivity (Wildman–Crippen MR) is 102 cm³/mol. The molecule has 0 bridgehead atoms. The number of rotatable bonds is 6. The van der Waals surface area contributed by atoms with E-state index in [1.54, 1.807) is 10.9 Å². The summed E-state index contributed by atoms with van der Waals surface area (Å²) in [5.41, 5.74) is 1.84. The third kappa shape index (κ3) is 3.69. The van der Waals surface area contributed by atoms with Crippen LogP contribution in [-0.4, -0.2) is 38.9 Å². The molecule has 1 aliphatic carbocycles. The van der Waals surface area contributed by atoms with Crippen molar-refractivity contribution in [2.75, 3.05) is 6.54 Å². The van der Waals surface area contributed by atoms with Gasteiger partial charge in [0.15, 0.2) is 0 Å². The zero-order valence-electron chi connectivity index (χ0n) is 15.7. The fourth-order valence-corrected chi connectivity index (χ4v) is 4.13. The van der Waals surface area contributed by atoms with Gasteiger partial charge in [0.2, 0.25) is 17.7 Å². The van der Waals surface area contributed by atoms with Crippen LogP contribution in [0.15, 0.2) is 42.7 Å². The molecule has 1 aromatic carbocycles. The van der Waals surface area contributed by atoms with Crippen LogP contribution in [0, 0.1) is 11.8 Å². The number of para-hydroxylation sites is 1. The molecule has 1 saturated heterocycles. The molecular formula is C21H24N4O3. The highest BCUT2D eigenvalue weighted by molar-refractivity contribution is 6.05. The molecular weight excluding hydrogens is 356 g/mol. The van der Waals surface area contributed by atoms with Gasteiger partial charge in [0.05, 0.1) is 23.7 Å². The second kappa shape index (κ2) is 7.96. The Morgan fingerprint density at radius 1 is 1.07 bits per heavy atom. The average Bonchev–Trinajstić information content (AvgIpc) is 3.30. The molecule has 2 heterocycles. The quantitative estimate of drug-likeness (QED) is 0.778. The van der Waals surface area contributed by atoms with Crippen molar-refractivity contribution in [3.8, 4) is 5.69 Å². The highest BCUT2D eigenvalue weighted by Gasteiger charge is 2.47. The molecule has 1 N–H and O–H groups in total. The van der Waals surface area contributed by atoms with Crippen LogP contribution >= 0.6 is 0 Å². The summed E-state index contributed by atoms with van der Waals surface area (Å²) >= 11 is 0. The predicted octanol–water partition coefficient (Wildman–Crippen LogP) is 2.05. The van der Waals surface area contributed by atoms with Gasteiger partial charge in [-0.2, -0.15) is 5.10 Å². The van der Waals surface area contributed by atoms with Gasteiger partial charge < -0.3 is 5.32 Å². The number of hydrogen-bond acceptors (Lipinski definition) is 4. The summed E-state index contributed by atoms with van der Waals surface area (Å²) in [6.07, 6.45) is 7.31. The first-order valence-electron chi connectivity index (χ1n) is 9.84. The van der Waals surface area contributed by atoms with Gasteiger partial charge in [-0.3, -0.25) is 19.3 Å². The van der Waals surface area contributed by atoms with Crippen LogP contribution in [0.25, 0.3) is 5.69 Å². The van der Waals surface area contributed by atoms with Gasteiger partial charge in [-0.1, -0.05) is 31.0 Å². The Hall–Kier alpha value is -2.96.